The number of rotatable bonds is 0. The Labute approximate surface area is 83.8 Å². The molecule has 1 spiro atoms. The molecule has 0 aromatic rings. The third-order valence-corrected chi connectivity index (χ3v) is 4.91. The lowest BCUT2D eigenvalue weighted by molar-refractivity contribution is -0.0181. The summed E-state index contributed by atoms with van der Waals surface area (Å²) in [5.41, 5.74) is -0.444. The van der Waals surface area contributed by atoms with Crippen molar-refractivity contribution in [3.63, 3.8) is 0 Å². The maximum atomic E-state index is 11.2. The minimum atomic E-state index is -2.87. The fraction of sp³-hybridized carbons (Fsp3) is 0.889. The van der Waals surface area contributed by atoms with Gasteiger partial charge in [0.25, 0.3) is 0 Å². The van der Waals surface area contributed by atoms with Crippen molar-refractivity contribution in [2.75, 3.05) is 18.1 Å². The molecule has 0 bridgehead atoms. The second-order valence-corrected chi connectivity index (χ2v) is 6.34. The molecule has 1 unspecified atom stereocenters. The van der Waals surface area contributed by atoms with Gasteiger partial charge < -0.3 is 4.74 Å². The number of nitriles is 1. The Morgan fingerprint density at radius 2 is 2.00 bits per heavy atom. The topological polar surface area (TPSA) is 67.2 Å². The second kappa shape index (κ2) is 3.21. The zero-order valence-corrected chi connectivity index (χ0v) is 8.72. The van der Waals surface area contributed by atoms with Crippen LogP contribution in [0.25, 0.3) is 0 Å². The molecule has 0 saturated carbocycles. The minimum absolute atomic E-state index is 0.113. The maximum absolute atomic E-state index is 11.2. The summed E-state index contributed by atoms with van der Waals surface area (Å²) in [7, 11) is -2.87. The monoisotopic (exact) mass is 215 g/mol. The van der Waals surface area contributed by atoms with Crippen LogP contribution in [0, 0.1) is 17.2 Å². The fourth-order valence-electron chi connectivity index (χ4n) is 2.30. The van der Waals surface area contributed by atoms with E-state index in [2.05, 4.69) is 6.07 Å². The highest BCUT2D eigenvalue weighted by atomic mass is 32.2. The van der Waals surface area contributed by atoms with Crippen molar-refractivity contribution in [1.82, 2.24) is 0 Å². The van der Waals surface area contributed by atoms with Crippen molar-refractivity contribution in [3.8, 4) is 6.07 Å². The summed E-state index contributed by atoms with van der Waals surface area (Å²) in [5, 5.41) is 8.93. The number of ether oxygens (including phenoxy) is 1. The van der Waals surface area contributed by atoms with Crippen LogP contribution < -0.4 is 0 Å². The van der Waals surface area contributed by atoms with Crippen LogP contribution in [0.4, 0.5) is 0 Å². The molecule has 2 saturated heterocycles. The van der Waals surface area contributed by atoms with Crippen LogP contribution in [0.2, 0.25) is 0 Å². The summed E-state index contributed by atoms with van der Waals surface area (Å²) in [6.07, 6.45) is 1.73. The third kappa shape index (κ3) is 1.53. The first kappa shape index (κ1) is 9.94. The highest BCUT2D eigenvalue weighted by Crippen LogP contribution is 2.40. The molecule has 2 fully saturated rings. The van der Waals surface area contributed by atoms with Crippen LogP contribution in [0.5, 0.6) is 0 Å². The van der Waals surface area contributed by atoms with Crippen LogP contribution in [-0.4, -0.2) is 32.1 Å². The summed E-state index contributed by atoms with van der Waals surface area (Å²) in [6.45, 7) is 0.596. The molecule has 2 heterocycles. The zero-order chi connectivity index (χ0) is 10.2. The lowest BCUT2D eigenvalue weighted by Crippen LogP contribution is -2.43. The van der Waals surface area contributed by atoms with E-state index in [1.807, 2.05) is 0 Å². The Balaban J connectivity index is 2.17. The summed E-state index contributed by atoms with van der Waals surface area (Å²) < 4.78 is 28.1. The number of hydrogen-bond donors (Lipinski definition) is 0. The summed E-state index contributed by atoms with van der Waals surface area (Å²) in [4.78, 5) is 0. The predicted octanol–water partition coefficient (Wildman–Crippen LogP) is 0.494. The van der Waals surface area contributed by atoms with Gasteiger partial charge in [0, 0.05) is 6.61 Å². The molecule has 0 amide bonds. The van der Waals surface area contributed by atoms with Gasteiger partial charge in [0.2, 0.25) is 0 Å². The Morgan fingerprint density at radius 3 is 2.57 bits per heavy atom. The first-order valence-corrected chi connectivity index (χ1v) is 6.64. The standard InChI is InChI=1S/C9H13NO3S/c10-7-8-1-4-13-9(8)2-5-14(11,12)6-3-9/h8H,1-6H2. The third-order valence-electron chi connectivity index (χ3n) is 3.26. The predicted molar refractivity (Wildman–Crippen MR) is 50.3 cm³/mol. The molecule has 5 heteroatoms. The van der Waals surface area contributed by atoms with Gasteiger partial charge in [-0.2, -0.15) is 5.26 Å². The van der Waals surface area contributed by atoms with Crippen molar-refractivity contribution < 1.29 is 13.2 Å². The molecule has 2 aliphatic heterocycles. The maximum Gasteiger partial charge on any atom is 0.150 e. The van der Waals surface area contributed by atoms with Crippen molar-refractivity contribution in [2.45, 2.75) is 24.9 Å². The Kier molecular flexibility index (Phi) is 2.28. The van der Waals surface area contributed by atoms with Crippen LogP contribution in [-0.2, 0) is 14.6 Å². The molecule has 0 aromatic carbocycles. The Morgan fingerprint density at radius 1 is 1.36 bits per heavy atom. The first-order valence-electron chi connectivity index (χ1n) is 4.82. The Bertz CT molecular complexity index is 354. The van der Waals surface area contributed by atoms with E-state index in [9.17, 15) is 8.42 Å². The molecule has 0 aromatic heterocycles. The van der Waals surface area contributed by atoms with Crippen molar-refractivity contribution in [1.29, 1.82) is 5.26 Å². The van der Waals surface area contributed by atoms with Gasteiger partial charge in [0.15, 0.2) is 9.84 Å². The minimum Gasteiger partial charge on any atom is -0.374 e. The van der Waals surface area contributed by atoms with Gasteiger partial charge in [0.05, 0.1) is 29.1 Å². The van der Waals surface area contributed by atoms with E-state index in [1.54, 1.807) is 0 Å². The smallest absolute Gasteiger partial charge is 0.150 e. The summed E-state index contributed by atoms with van der Waals surface area (Å²) in [5.74, 6) is 0.231. The van der Waals surface area contributed by atoms with Gasteiger partial charge in [-0.25, -0.2) is 8.42 Å². The molecule has 2 rings (SSSR count). The molecule has 1 atom stereocenters. The van der Waals surface area contributed by atoms with E-state index in [4.69, 9.17) is 10.00 Å². The highest BCUT2D eigenvalue weighted by molar-refractivity contribution is 7.91. The quantitative estimate of drug-likeness (QED) is 0.590. The molecular weight excluding hydrogens is 202 g/mol. The van der Waals surface area contributed by atoms with E-state index in [0.717, 1.165) is 6.42 Å². The average molecular weight is 215 g/mol. The molecule has 78 valence electrons. The molecule has 0 radical (unpaired) electrons. The van der Waals surface area contributed by atoms with Gasteiger partial charge >= 0.3 is 0 Å². The van der Waals surface area contributed by atoms with Gasteiger partial charge in [0.1, 0.15) is 0 Å². The van der Waals surface area contributed by atoms with Crippen LogP contribution in [0.15, 0.2) is 0 Å². The van der Waals surface area contributed by atoms with E-state index in [1.165, 1.54) is 0 Å². The van der Waals surface area contributed by atoms with E-state index in [-0.39, 0.29) is 17.4 Å². The second-order valence-electron chi connectivity index (χ2n) is 4.04. The van der Waals surface area contributed by atoms with Crippen LogP contribution in [0.3, 0.4) is 0 Å². The molecule has 0 aliphatic carbocycles. The molecule has 0 N–H and O–H groups in total. The van der Waals surface area contributed by atoms with Gasteiger partial charge in [-0.05, 0) is 19.3 Å². The summed E-state index contributed by atoms with van der Waals surface area (Å²) >= 11 is 0. The normalized spacial score (nSPS) is 34.1. The molecular formula is C9H13NO3S. The largest absolute Gasteiger partial charge is 0.374 e. The van der Waals surface area contributed by atoms with Crippen molar-refractivity contribution in [2.24, 2.45) is 5.92 Å². The molecule has 14 heavy (non-hydrogen) atoms. The fourth-order valence-corrected chi connectivity index (χ4v) is 3.82. The van der Waals surface area contributed by atoms with Gasteiger partial charge in [-0.1, -0.05) is 0 Å². The number of nitrogens with zero attached hydrogens (tertiary/aromatic N) is 1. The van der Waals surface area contributed by atoms with E-state index < -0.39 is 15.4 Å². The molecule has 2 aliphatic rings. The van der Waals surface area contributed by atoms with E-state index >= 15 is 0 Å². The van der Waals surface area contributed by atoms with Crippen LogP contribution >= 0.6 is 0 Å². The number of sulfone groups is 1. The number of hydrogen-bond acceptors (Lipinski definition) is 4. The summed E-state index contributed by atoms with van der Waals surface area (Å²) in [6, 6.07) is 2.23. The van der Waals surface area contributed by atoms with Crippen molar-refractivity contribution >= 4 is 9.84 Å². The lowest BCUT2D eigenvalue weighted by Gasteiger charge is -2.34. The van der Waals surface area contributed by atoms with Crippen molar-refractivity contribution in [3.05, 3.63) is 0 Å². The first-order chi connectivity index (χ1) is 6.58. The highest BCUT2D eigenvalue weighted by Gasteiger charge is 2.47. The average Bonchev–Trinajstić information content (AvgIpc) is 2.54. The van der Waals surface area contributed by atoms with Gasteiger partial charge in [-0.3, -0.25) is 0 Å². The zero-order valence-electron chi connectivity index (χ0n) is 7.90. The SMILES string of the molecule is N#CC1CCOC12CCS(=O)(=O)CC2. The Hall–Kier alpha value is -0.600. The van der Waals surface area contributed by atoms with Gasteiger partial charge in [-0.15, -0.1) is 0 Å². The van der Waals surface area contributed by atoms with E-state index in [0.29, 0.717) is 19.4 Å². The van der Waals surface area contributed by atoms with Crippen LogP contribution in [0.1, 0.15) is 19.3 Å². The molecule has 4 nitrogen and oxygen atoms in total. The lowest BCUT2D eigenvalue weighted by atomic mass is 9.84.